The fourth-order valence-corrected chi connectivity index (χ4v) is 4.11. The van der Waals surface area contributed by atoms with Crippen molar-refractivity contribution in [3.05, 3.63) is 24.5 Å². The Hall–Kier alpha value is -1.62. The number of amides is 1. The van der Waals surface area contributed by atoms with Gasteiger partial charge in [-0.2, -0.15) is 0 Å². The first kappa shape index (κ1) is 18.2. The summed E-state index contributed by atoms with van der Waals surface area (Å²) in [5.41, 5.74) is 0. The van der Waals surface area contributed by atoms with Crippen molar-refractivity contribution >= 4 is 5.91 Å². The number of piperidine rings is 1. The van der Waals surface area contributed by atoms with Gasteiger partial charge in [-0.15, -0.1) is 0 Å². The lowest BCUT2D eigenvalue weighted by Gasteiger charge is -2.34. The van der Waals surface area contributed by atoms with Crippen molar-refractivity contribution < 1.29 is 9.53 Å². The van der Waals surface area contributed by atoms with Crippen LogP contribution >= 0.6 is 0 Å². The summed E-state index contributed by atoms with van der Waals surface area (Å²) in [5.74, 6) is 1.83. The number of pyridine rings is 1. The van der Waals surface area contributed by atoms with Gasteiger partial charge in [-0.1, -0.05) is 0 Å². The number of hydrogen-bond acceptors (Lipinski definition) is 4. The third-order valence-corrected chi connectivity index (χ3v) is 5.58. The molecule has 1 saturated heterocycles. The van der Waals surface area contributed by atoms with E-state index in [1.165, 1.54) is 25.8 Å². The zero-order valence-corrected chi connectivity index (χ0v) is 15.3. The normalized spacial score (nSPS) is 25.5. The van der Waals surface area contributed by atoms with Gasteiger partial charge in [-0.05, 0) is 69.5 Å². The topological polar surface area (TPSA) is 54.5 Å². The molecule has 1 amide bonds. The lowest BCUT2D eigenvalue weighted by Crippen LogP contribution is -2.40. The third kappa shape index (κ3) is 5.99. The number of nitrogens with one attached hydrogen (secondary N) is 1. The van der Waals surface area contributed by atoms with Crippen LogP contribution in [-0.4, -0.2) is 47.6 Å². The molecule has 25 heavy (non-hydrogen) atoms. The molecule has 0 aromatic carbocycles. The molecule has 2 fully saturated rings. The minimum Gasteiger partial charge on any atom is -0.489 e. The first-order valence-electron chi connectivity index (χ1n) is 9.75. The van der Waals surface area contributed by atoms with Crippen LogP contribution in [0.2, 0.25) is 0 Å². The van der Waals surface area contributed by atoms with Crippen molar-refractivity contribution in [3.63, 3.8) is 0 Å². The zero-order valence-electron chi connectivity index (χ0n) is 15.3. The molecule has 0 spiro atoms. The Bertz CT molecular complexity index is 521. The van der Waals surface area contributed by atoms with Crippen molar-refractivity contribution in [2.75, 3.05) is 19.6 Å². The van der Waals surface area contributed by atoms with Gasteiger partial charge in [0.1, 0.15) is 11.9 Å². The predicted octanol–water partition coefficient (Wildman–Crippen LogP) is 3.01. The van der Waals surface area contributed by atoms with Crippen molar-refractivity contribution in [1.82, 2.24) is 15.2 Å². The van der Waals surface area contributed by atoms with Gasteiger partial charge in [-0.25, -0.2) is 0 Å². The molecule has 3 rings (SSSR count). The Morgan fingerprint density at radius 1 is 1.24 bits per heavy atom. The van der Waals surface area contributed by atoms with Crippen LogP contribution < -0.4 is 10.1 Å². The average Bonchev–Trinajstić information content (AvgIpc) is 2.63. The third-order valence-electron chi connectivity index (χ3n) is 5.58. The van der Waals surface area contributed by atoms with Gasteiger partial charge in [0.25, 0.3) is 0 Å². The van der Waals surface area contributed by atoms with E-state index >= 15 is 0 Å². The Balaban J connectivity index is 1.30. The summed E-state index contributed by atoms with van der Waals surface area (Å²) in [6.45, 7) is 5.08. The lowest BCUT2D eigenvalue weighted by atomic mass is 9.84. The van der Waals surface area contributed by atoms with E-state index in [-0.39, 0.29) is 5.91 Å². The van der Waals surface area contributed by atoms with Gasteiger partial charge in [-0.3, -0.25) is 9.78 Å². The average molecular weight is 345 g/mol. The molecule has 5 heteroatoms. The second kappa shape index (κ2) is 9.18. The van der Waals surface area contributed by atoms with Gasteiger partial charge in [0.15, 0.2) is 0 Å². The fraction of sp³-hybridized carbons (Fsp3) is 0.700. The molecule has 138 valence electrons. The molecule has 1 aromatic heterocycles. The molecule has 5 nitrogen and oxygen atoms in total. The SMILES string of the molecule is CC(=O)N[C@H]1CC[C@H](CCN2CCC(Oc3cccnc3)CC2)CC1. The summed E-state index contributed by atoms with van der Waals surface area (Å²) in [7, 11) is 0. The van der Waals surface area contributed by atoms with Crippen LogP contribution in [0.4, 0.5) is 0 Å². The molecule has 1 N–H and O–H groups in total. The highest BCUT2D eigenvalue weighted by Crippen LogP contribution is 2.27. The summed E-state index contributed by atoms with van der Waals surface area (Å²) in [4.78, 5) is 17.8. The molecule has 0 bridgehead atoms. The summed E-state index contributed by atoms with van der Waals surface area (Å²) in [6.07, 6.45) is 12.2. The number of carbonyl (C=O) groups excluding carboxylic acids is 1. The van der Waals surface area contributed by atoms with Crippen LogP contribution in [0.5, 0.6) is 5.75 Å². The molecule has 1 aliphatic carbocycles. The standard InChI is InChI=1S/C20H31N3O2/c1-16(24)22-18-6-4-17(5-7-18)8-12-23-13-9-19(10-14-23)25-20-3-2-11-21-15-20/h2-3,11,15,17-19H,4-10,12-14H2,1H3,(H,22,24)/t17-,18-. The van der Waals surface area contributed by atoms with E-state index in [2.05, 4.69) is 15.2 Å². The highest BCUT2D eigenvalue weighted by Gasteiger charge is 2.24. The molecule has 1 aliphatic heterocycles. The van der Waals surface area contributed by atoms with E-state index in [4.69, 9.17) is 4.74 Å². The highest BCUT2D eigenvalue weighted by molar-refractivity contribution is 5.73. The summed E-state index contributed by atoms with van der Waals surface area (Å²) >= 11 is 0. The molecule has 0 unspecified atom stereocenters. The quantitative estimate of drug-likeness (QED) is 0.861. The zero-order chi connectivity index (χ0) is 17.5. The van der Waals surface area contributed by atoms with E-state index in [1.807, 2.05) is 12.1 Å². The van der Waals surface area contributed by atoms with E-state index in [1.54, 1.807) is 19.3 Å². The Morgan fingerprint density at radius 3 is 2.64 bits per heavy atom. The van der Waals surface area contributed by atoms with Crippen LogP contribution in [0.3, 0.4) is 0 Å². The van der Waals surface area contributed by atoms with Gasteiger partial charge in [0, 0.05) is 32.3 Å². The van der Waals surface area contributed by atoms with Crippen molar-refractivity contribution in [1.29, 1.82) is 0 Å². The van der Waals surface area contributed by atoms with Gasteiger partial charge in [0.2, 0.25) is 5.91 Å². The molecular formula is C20H31N3O2. The minimum atomic E-state index is 0.111. The van der Waals surface area contributed by atoms with Crippen LogP contribution in [-0.2, 0) is 4.79 Å². The van der Waals surface area contributed by atoms with E-state index < -0.39 is 0 Å². The van der Waals surface area contributed by atoms with Crippen molar-refractivity contribution in [3.8, 4) is 5.75 Å². The number of rotatable bonds is 6. The maximum atomic E-state index is 11.1. The van der Waals surface area contributed by atoms with Gasteiger partial charge < -0.3 is 15.0 Å². The van der Waals surface area contributed by atoms with E-state index in [0.29, 0.717) is 12.1 Å². The van der Waals surface area contributed by atoms with Crippen molar-refractivity contribution in [2.24, 2.45) is 5.92 Å². The summed E-state index contributed by atoms with van der Waals surface area (Å²) in [6, 6.07) is 4.32. The first-order chi connectivity index (χ1) is 12.2. The summed E-state index contributed by atoms with van der Waals surface area (Å²) in [5, 5.41) is 3.06. The monoisotopic (exact) mass is 345 g/mol. The Kier molecular flexibility index (Phi) is 6.68. The van der Waals surface area contributed by atoms with Crippen LogP contribution in [0.1, 0.15) is 51.9 Å². The first-order valence-corrected chi connectivity index (χ1v) is 9.75. The Morgan fingerprint density at radius 2 is 2.00 bits per heavy atom. The predicted molar refractivity (Wildman–Crippen MR) is 98.5 cm³/mol. The molecular weight excluding hydrogens is 314 g/mol. The largest absolute Gasteiger partial charge is 0.489 e. The van der Waals surface area contributed by atoms with Crippen LogP contribution in [0.25, 0.3) is 0 Å². The number of likely N-dealkylation sites (tertiary alicyclic amines) is 1. The molecule has 2 aliphatic rings. The molecule has 0 radical (unpaired) electrons. The summed E-state index contributed by atoms with van der Waals surface area (Å²) < 4.78 is 6.02. The second-order valence-corrected chi connectivity index (χ2v) is 7.55. The molecule has 1 aromatic rings. The number of nitrogens with zero attached hydrogens (tertiary/aromatic N) is 2. The smallest absolute Gasteiger partial charge is 0.217 e. The van der Waals surface area contributed by atoms with E-state index in [9.17, 15) is 4.79 Å². The maximum Gasteiger partial charge on any atom is 0.217 e. The highest BCUT2D eigenvalue weighted by atomic mass is 16.5. The number of hydrogen-bond donors (Lipinski definition) is 1. The Labute approximate surface area is 151 Å². The van der Waals surface area contributed by atoms with Crippen molar-refractivity contribution in [2.45, 2.75) is 64.0 Å². The van der Waals surface area contributed by atoms with Gasteiger partial charge in [0.05, 0.1) is 6.20 Å². The van der Waals surface area contributed by atoms with E-state index in [0.717, 1.165) is 50.4 Å². The second-order valence-electron chi connectivity index (χ2n) is 7.55. The minimum absolute atomic E-state index is 0.111. The molecule has 2 heterocycles. The fourth-order valence-electron chi connectivity index (χ4n) is 4.11. The van der Waals surface area contributed by atoms with Crippen LogP contribution in [0, 0.1) is 5.92 Å². The number of carbonyl (C=O) groups is 1. The lowest BCUT2D eigenvalue weighted by molar-refractivity contribution is -0.119. The molecule has 0 atom stereocenters. The van der Waals surface area contributed by atoms with Gasteiger partial charge >= 0.3 is 0 Å². The molecule has 1 saturated carbocycles. The van der Waals surface area contributed by atoms with Crippen LogP contribution in [0.15, 0.2) is 24.5 Å². The maximum absolute atomic E-state index is 11.1. The number of ether oxygens (including phenoxy) is 1. The number of aromatic nitrogens is 1.